The van der Waals surface area contributed by atoms with Gasteiger partial charge in [-0.1, -0.05) is 174 Å². The fourth-order valence-electron chi connectivity index (χ4n) is 7.87. The zero-order valence-electron chi connectivity index (χ0n) is 40.1. The zero-order valence-corrected chi connectivity index (χ0v) is 40.1. The monoisotopic (exact) mass is 850 g/mol. The van der Waals surface area contributed by atoms with Gasteiger partial charge in [-0.2, -0.15) is 0 Å². The molecule has 0 aromatic carbocycles. The third-order valence-electron chi connectivity index (χ3n) is 11.9. The SMILES string of the molecule is CCCCCC(CCCCC)CCOC(=O)CCCCCCCC(CCCCCCCC(=O)OCCC(CCCCC)CCCCC)OC(=O)C(C)(C)COCCN=[N+]=[N-]. The first-order chi connectivity index (χ1) is 29.1. The van der Waals surface area contributed by atoms with Gasteiger partial charge in [0.05, 0.1) is 31.8 Å². The minimum absolute atomic E-state index is 0.0677. The summed E-state index contributed by atoms with van der Waals surface area (Å²) in [7, 11) is 0. The van der Waals surface area contributed by atoms with Crippen molar-refractivity contribution in [2.24, 2.45) is 22.4 Å². The largest absolute Gasteiger partial charge is 0.466 e. The number of azide groups is 1. The molecular weight excluding hydrogens is 755 g/mol. The van der Waals surface area contributed by atoms with Gasteiger partial charge in [-0.25, -0.2) is 0 Å². The molecule has 10 nitrogen and oxygen atoms in total. The maximum atomic E-state index is 13.3. The van der Waals surface area contributed by atoms with Crippen LogP contribution in [0.1, 0.15) is 247 Å². The summed E-state index contributed by atoms with van der Waals surface area (Å²) in [5, 5.41) is 3.49. The van der Waals surface area contributed by atoms with Gasteiger partial charge >= 0.3 is 17.9 Å². The molecule has 60 heavy (non-hydrogen) atoms. The van der Waals surface area contributed by atoms with E-state index in [0.29, 0.717) is 37.9 Å². The third-order valence-corrected chi connectivity index (χ3v) is 11.9. The van der Waals surface area contributed by atoms with Crippen molar-refractivity contribution in [1.29, 1.82) is 0 Å². The van der Waals surface area contributed by atoms with Crippen LogP contribution in [0.3, 0.4) is 0 Å². The lowest BCUT2D eigenvalue weighted by atomic mass is 9.92. The molecule has 0 aliphatic rings. The van der Waals surface area contributed by atoms with Gasteiger partial charge in [-0.15, -0.1) is 0 Å². The normalized spacial score (nSPS) is 11.7. The lowest BCUT2D eigenvalue weighted by Gasteiger charge is -2.26. The Morgan fingerprint density at radius 3 is 1.30 bits per heavy atom. The number of rotatable bonds is 45. The van der Waals surface area contributed by atoms with Crippen LogP contribution in [0.4, 0.5) is 0 Å². The maximum absolute atomic E-state index is 13.3. The molecule has 0 fully saturated rings. The van der Waals surface area contributed by atoms with E-state index in [1.807, 2.05) is 13.8 Å². The summed E-state index contributed by atoms with van der Waals surface area (Å²) in [5.74, 6) is 0.937. The molecule has 0 atom stereocenters. The molecule has 0 radical (unpaired) electrons. The molecule has 0 amide bonds. The van der Waals surface area contributed by atoms with Crippen LogP contribution in [0, 0.1) is 17.3 Å². The summed E-state index contributed by atoms with van der Waals surface area (Å²) in [4.78, 5) is 40.9. The van der Waals surface area contributed by atoms with Crippen molar-refractivity contribution < 1.29 is 33.3 Å². The highest BCUT2D eigenvalue weighted by Gasteiger charge is 2.31. The van der Waals surface area contributed by atoms with Gasteiger partial charge in [0.2, 0.25) is 0 Å². The van der Waals surface area contributed by atoms with Gasteiger partial charge in [0, 0.05) is 24.3 Å². The molecule has 0 spiro atoms. The fourth-order valence-corrected chi connectivity index (χ4v) is 7.87. The van der Waals surface area contributed by atoms with Gasteiger partial charge < -0.3 is 18.9 Å². The quantitative estimate of drug-likeness (QED) is 0.0148. The lowest BCUT2D eigenvalue weighted by molar-refractivity contribution is -0.164. The van der Waals surface area contributed by atoms with Gasteiger partial charge in [-0.05, 0) is 82.6 Å². The van der Waals surface area contributed by atoms with E-state index in [4.69, 9.17) is 24.5 Å². The van der Waals surface area contributed by atoms with Crippen LogP contribution in [0.2, 0.25) is 0 Å². The average molecular weight is 850 g/mol. The molecule has 0 aromatic rings. The molecule has 0 aliphatic heterocycles. The highest BCUT2D eigenvalue weighted by molar-refractivity contribution is 5.76. The van der Waals surface area contributed by atoms with Crippen LogP contribution in [0.5, 0.6) is 0 Å². The summed E-state index contributed by atoms with van der Waals surface area (Å²) in [6, 6.07) is 0. The van der Waals surface area contributed by atoms with Crippen LogP contribution in [-0.2, 0) is 33.3 Å². The van der Waals surface area contributed by atoms with Crippen LogP contribution in [0.25, 0.3) is 10.4 Å². The van der Waals surface area contributed by atoms with E-state index < -0.39 is 5.41 Å². The zero-order chi connectivity index (χ0) is 44.4. The molecule has 0 aromatic heterocycles. The molecule has 0 saturated carbocycles. The Bertz CT molecular complexity index is 988. The van der Waals surface area contributed by atoms with Crippen molar-refractivity contribution in [1.82, 2.24) is 0 Å². The number of unbranched alkanes of at least 4 members (excludes halogenated alkanes) is 16. The number of hydrogen-bond donors (Lipinski definition) is 0. The first-order valence-electron chi connectivity index (χ1n) is 25.2. The highest BCUT2D eigenvalue weighted by Crippen LogP contribution is 2.25. The topological polar surface area (TPSA) is 137 Å². The van der Waals surface area contributed by atoms with Gasteiger partial charge in [0.1, 0.15) is 6.10 Å². The Balaban J connectivity index is 4.64. The number of esters is 3. The minimum Gasteiger partial charge on any atom is -0.466 e. The van der Waals surface area contributed by atoms with Gasteiger partial charge in [0.25, 0.3) is 0 Å². The third kappa shape index (κ3) is 36.3. The highest BCUT2D eigenvalue weighted by atomic mass is 16.6. The Labute approximate surface area is 369 Å². The van der Waals surface area contributed by atoms with Gasteiger partial charge in [-0.3, -0.25) is 14.4 Å². The van der Waals surface area contributed by atoms with E-state index in [0.717, 1.165) is 89.9 Å². The number of nitrogens with zero attached hydrogens (tertiary/aromatic N) is 3. The second-order valence-electron chi connectivity index (χ2n) is 18.3. The first-order valence-corrected chi connectivity index (χ1v) is 25.2. The average Bonchev–Trinajstić information content (AvgIpc) is 3.22. The van der Waals surface area contributed by atoms with Crippen molar-refractivity contribution in [2.45, 2.75) is 253 Å². The van der Waals surface area contributed by atoms with Crippen LogP contribution < -0.4 is 0 Å². The number of carbonyl (C=O) groups excluding carboxylic acids is 3. The van der Waals surface area contributed by atoms with Crippen LogP contribution in [0.15, 0.2) is 5.11 Å². The summed E-state index contributed by atoms with van der Waals surface area (Å²) >= 11 is 0. The minimum atomic E-state index is -0.812. The van der Waals surface area contributed by atoms with Crippen molar-refractivity contribution in [3.8, 4) is 0 Å². The predicted molar refractivity (Wildman–Crippen MR) is 248 cm³/mol. The molecular formula is C50H95N3O7. The summed E-state index contributed by atoms with van der Waals surface area (Å²) in [5.41, 5.74) is 7.69. The lowest BCUT2D eigenvalue weighted by Crippen LogP contribution is -2.34. The summed E-state index contributed by atoms with van der Waals surface area (Å²) in [6.45, 7) is 14.4. The molecule has 0 N–H and O–H groups in total. The second kappa shape index (κ2) is 42.0. The van der Waals surface area contributed by atoms with E-state index in [-0.39, 0.29) is 43.8 Å². The Kier molecular flexibility index (Phi) is 40.4. The van der Waals surface area contributed by atoms with E-state index in [1.165, 1.54) is 103 Å². The first kappa shape index (κ1) is 57.7. The van der Waals surface area contributed by atoms with Gasteiger partial charge in [0.15, 0.2) is 0 Å². The molecule has 10 heteroatoms. The maximum Gasteiger partial charge on any atom is 0.314 e. The summed E-state index contributed by atoms with van der Waals surface area (Å²) in [6.07, 6.45) is 34.3. The van der Waals surface area contributed by atoms with Crippen molar-refractivity contribution in [2.75, 3.05) is 33.0 Å². The summed E-state index contributed by atoms with van der Waals surface area (Å²) < 4.78 is 23.0. The van der Waals surface area contributed by atoms with Crippen LogP contribution in [-0.4, -0.2) is 57.0 Å². The van der Waals surface area contributed by atoms with Crippen molar-refractivity contribution in [3.05, 3.63) is 10.4 Å². The molecule has 352 valence electrons. The smallest absolute Gasteiger partial charge is 0.314 e. The van der Waals surface area contributed by atoms with E-state index in [9.17, 15) is 14.4 Å². The number of ether oxygens (including phenoxy) is 4. The molecule has 0 aliphatic carbocycles. The Morgan fingerprint density at radius 2 is 0.900 bits per heavy atom. The van der Waals surface area contributed by atoms with Crippen molar-refractivity contribution in [3.63, 3.8) is 0 Å². The molecule has 0 rings (SSSR count). The molecule has 0 heterocycles. The Hall–Kier alpha value is -2.32. The van der Waals surface area contributed by atoms with E-state index >= 15 is 0 Å². The molecule has 0 unspecified atom stereocenters. The van der Waals surface area contributed by atoms with Crippen molar-refractivity contribution >= 4 is 17.9 Å². The second-order valence-corrected chi connectivity index (χ2v) is 18.3. The fraction of sp³-hybridized carbons (Fsp3) is 0.940. The van der Waals surface area contributed by atoms with E-state index in [1.54, 1.807) is 0 Å². The standard InChI is InChI=1S/C50H95N3O7/c1-7-11-21-29-44(30-22-12-8-2)37-40-58-47(54)35-27-19-15-17-25-33-46(60-49(56)50(5,6)43-57-42-39-52-53-51)34-26-18-16-20-28-36-48(55)59-41-38-45(31-23-13-9-3)32-24-14-10-4/h44-46H,7-43H2,1-6H3. The predicted octanol–water partition coefficient (Wildman–Crippen LogP) is 15.1. The van der Waals surface area contributed by atoms with Crippen LogP contribution >= 0.6 is 0 Å². The number of hydrogen-bond acceptors (Lipinski definition) is 8. The Morgan fingerprint density at radius 1 is 0.517 bits per heavy atom. The molecule has 0 bridgehead atoms. The number of carbonyl (C=O) groups is 3. The van der Waals surface area contributed by atoms with E-state index in [2.05, 4.69) is 37.7 Å². The molecule has 0 saturated heterocycles.